The molecule has 1 unspecified atom stereocenters. The zero-order chi connectivity index (χ0) is 15.1. The molecule has 21 heavy (non-hydrogen) atoms. The fraction of sp³-hybridized carbons (Fsp3) is 0.389. The van der Waals surface area contributed by atoms with E-state index in [1.165, 1.54) is 16.7 Å². The molecule has 2 rings (SSSR count). The Morgan fingerprint density at radius 1 is 1.05 bits per heavy atom. The number of hydrogen-bond donors (Lipinski definition) is 1. The van der Waals surface area contributed by atoms with Crippen LogP contribution >= 0.6 is 0 Å². The molecule has 1 heterocycles. The molecule has 0 spiro atoms. The van der Waals surface area contributed by atoms with Gasteiger partial charge >= 0.3 is 0 Å². The molecule has 1 aromatic heterocycles. The number of rotatable bonds is 7. The van der Waals surface area contributed by atoms with Gasteiger partial charge in [-0.1, -0.05) is 31.2 Å². The molecule has 1 aromatic carbocycles. The van der Waals surface area contributed by atoms with Gasteiger partial charge in [-0.3, -0.25) is 4.98 Å². The summed E-state index contributed by atoms with van der Waals surface area (Å²) in [7, 11) is 4.18. The van der Waals surface area contributed by atoms with Crippen molar-refractivity contribution in [3.8, 4) is 0 Å². The number of aromatic nitrogens is 1. The number of aryl methyl sites for hydroxylation is 1. The van der Waals surface area contributed by atoms with Crippen LogP contribution in [0.5, 0.6) is 0 Å². The monoisotopic (exact) mass is 283 g/mol. The zero-order valence-corrected chi connectivity index (χ0v) is 13.2. The fourth-order valence-corrected chi connectivity index (χ4v) is 2.53. The van der Waals surface area contributed by atoms with Gasteiger partial charge in [0.25, 0.3) is 0 Å². The minimum atomic E-state index is 0.350. The molecule has 0 aliphatic carbocycles. The normalized spacial score (nSPS) is 12.6. The highest BCUT2D eigenvalue weighted by atomic mass is 15.1. The van der Waals surface area contributed by atoms with Crippen molar-refractivity contribution < 1.29 is 0 Å². The highest BCUT2D eigenvalue weighted by Crippen LogP contribution is 2.16. The molecule has 1 N–H and O–H groups in total. The summed E-state index contributed by atoms with van der Waals surface area (Å²) in [5, 5.41) is 3.42. The van der Waals surface area contributed by atoms with E-state index in [4.69, 9.17) is 0 Å². The summed E-state index contributed by atoms with van der Waals surface area (Å²) >= 11 is 0. The molecule has 0 saturated carbocycles. The van der Waals surface area contributed by atoms with Gasteiger partial charge in [-0.15, -0.1) is 0 Å². The standard InChI is InChI=1S/C18H25N3/c1-4-15-5-7-17(8-6-15)18(19-2)14-21(3)13-16-9-11-20-12-10-16/h5-12,18-19H,4,13-14H2,1-3H3. The van der Waals surface area contributed by atoms with Crippen LogP contribution in [0.3, 0.4) is 0 Å². The van der Waals surface area contributed by atoms with Crippen molar-refractivity contribution in [1.82, 2.24) is 15.2 Å². The van der Waals surface area contributed by atoms with Crippen LogP contribution in [0, 0.1) is 0 Å². The van der Waals surface area contributed by atoms with Gasteiger partial charge in [0.1, 0.15) is 0 Å². The van der Waals surface area contributed by atoms with Crippen LogP contribution in [0.25, 0.3) is 0 Å². The molecule has 2 aromatic rings. The first kappa shape index (κ1) is 15.7. The Kier molecular flexibility index (Phi) is 5.90. The number of nitrogens with one attached hydrogen (secondary N) is 1. The first-order chi connectivity index (χ1) is 10.2. The third-order valence-electron chi connectivity index (χ3n) is 3.83. The zero-order valence-electron chi connectivity index (χ0n) is 13.2. The molecule has 0 amide bonds. The molecule has 1 atom stereocenters. The lowest BCUT2D eigenvalue weighted by atomic mass is 10.0. The Bertz CT molecular complexity index is 522. The SMILES string of the molecule is CCc1ccc(C(CN(C)Cc2ccncc2)NC)cc1. The van der Waals surface area contributed by atoms with Crippen LogP contribution in [0.4, 0.5) is 0 Å². The van der Waals surface area contributed by atoms with Crippen molar-refractivity contribution in [2.24, 2.45) is 0 Å². The molecular weight excluding hydrogens is 258 g/mol. The second-order valence-corrected chi connectivity index (χ2v) is 5.49. The average molecular weight is 283 g/mol. The van der Waals surface area contributed by atoms with Gasteiger partial charge in [-0.2, -0.15) is 0 Å². The molecular formula is C18H25N3. The first-order valence-electron chi connectivity index (χ1n) is 7.56. The minimum Gasteiger partial charge on any atom is -0.312 e. The smallest absolute Gasteiger partial charge is 0.0446 e. The van der Waals surface area contributed by atoms with Crippen LogP contribution in [0.15, 0.2) is 48.8 Å². The van der Waals surface area contributed by atoms with Crippen molar-refractivity contribution in [2.45, 2.75) is 25.9 Å². The van der Waals surface area contributed by atoms with Crippen LogP contribution in [-0.2, 0) is 13.0 Å². The third-order valence-corrected chi connectivity index (χ3v) is 3.83. The van der Waals surface area contributed by atoms with E-state index in [0.29, 0.717) is 6.04 Å². The van der Waals surface area contributed by atoms with E-state index in [1.807, 2.05) is 19.4 Å². The molecule has 0 radical (unpaired) electrons. The quantitative estimate of drug-likeness (QED) is 0.846. The lowest BCUT2D eigenvalue weighted by molar-refractivity contribution is 0.289. The summed E-state index contributed by atoms with van der Waals surface area (Å²) in [5.74, 6) is 0. The molecule has 0 saturated heterocycles. The fourth-order valence-electron chi connectivity index (χ4n) is 2.53. The number of pyridine rings is 1. The third kappa shape index (κ3) is 4.66. The topological polar surface area (TPSA) is 28.2 Å². The number of likely N-dealkylation sites (N-methyl/N-ethyl adjacent to an activating group) is 2. The number of hydrogen-bond acceptors (Lipinski definition) is 3. The van der Waals surface area contributed by atoms with E-state index >= 15 is 0 Å². The molecule has 112 valence electrons. The second-order valence-electron chi connectivity index (χ2n) is 5.49. The maximum Gasteiger partial charge on any atom is 0.0446 e. The number of benzene rings is 1. The first-order valence-corrected chi connectivity index (χ1v) is 7.56. The molecule has 0 aliphatic heterocycles. The van der Waals surface area contributed by atoms with Crippen molar-refractivity contribution in [1.29, 1.82) is 0 Å². The largest absolute Gasteiger partial charge is 0.312 e. The summed E-state index contributed by atoms with van der Waals surface area (Å²) in [6.07, 6.45) is 4.79. The van der Waals surface area contributed by atoms with E-state index in [-0.39, 0.29) is 0 Å². The van der Waals surface area contributed by atoms with Gasteiger partial charge in [-0.25, -0.2) is 0 Å². The molecule has 3 heteroatoms. The Morgan fingerprint density at radius 3 is 2.29 bits per heavy atom. The van der Waals surface area contributed by atoms with E-state index in [2.05, 4.69) is 65.6 Å². The molecule has 3 nitrogen and oxygen atoms in total. The van der Waals surface area contributed by atoms with Crippen molar-refractivity contribution >= 4 is 0 Å². The van der Waals surface area contributed by atoms with Crippen molar-refractivity contribution in [3.63, 3.8) is 0 Å². The van der Waals surface area contributed by atoms with E-state index in [1.54, 1.807) is 0 Å². The Labute approximate surface area is 128 Å². The number of nitrogens with zero attached hydrogens (tertiary/aromatic N) is 2. The summed E-state index contributed by atoms with van der Waals surface area (Å²) < 4.78 is 0. The van der Waals surface area contributed by atoms with E-state index < -0.39 is 0 Å². The minimum absolute atomic E-state index is 0.350. The van der Waals surface area contributed by atoms with Gasteiger partial charge in [0.15, 0.2) is 0 Å². The molecule has 0 aliphatic rings. The summed E-state index contributed by atoms with van der Waals surface area (Å²) in [6.45, 7) is 4.10. The lowest BCUT2D eigenvalue weighted by Crippen LogP contribution is -2.31. The Balaban J connectivity index is 1.97. The average Bonchev–Trinajstić information content (AvgIpc) is 2.53. The van der Waals surface area contributed by atoms with E-state index in [0.717, 1.165) is 19.5 Å². The maximum atomic E-state index is 4.06. The lowest BCUT2D eigenvalue weighted by Gasteiger charge is -2.24. The van der Waals surface area contributed by atoms with Crippen LogP contribution in [0.1, 0.15) is 29.7 Å². The van der Waals surface area contributed by atoms with Gasteiger partial charge < -0.3 is 10.2 Å². The van der Waals surface area contributed by atoms with Crippen molar-refractivity contribution in [2.75, 3.05) is 20.6 Å². The highest BCUT2D eigenvalue weighted by Gasteiger charge is 2.12. The van der Waals surface area contributed by atoms with E-state index in [9.17, 15) is 0 Å². The second kappa shape index (κ2) is 7.91. The Hall–Kier alpha value is -1.71. The van der Waals surface area contributed by atoms with Crippen LogP contribution in [0.2, 0.25) is 0 Å². The van der Waals surface area contributed by atoms with Gasteiger partial charge in [0, 0.05) is 31.5 Å². The molecule has 0 fully saturated rings. The van der Waals surface area contributed by atoms with Gasteiger partial charge in [0.05, 0.1) is 0 Å². The predicted molar refractivity (Wildman–Crippen MR) is 88.2 cm³/mol. The van der Waals surface area contributed by atoms with Crippen molar-refractivity contribution in [3.05, 3.63) is 65.5 Å². The summed E-state index contributed by atoms with van der Waals surface area (Å²) in [6, 6.07) is 13.4. The molecule has 0 bridgehead atoms. The van der Waals surface area contributed by atoms with Gasteiger partial charge in [-0.05, 0) is 49.3 Å². The van der Waals surface area contributed by atoms with Gasteiger partial charge in [0.2, 0.25) is 0 Å². The summed E-state index contributed by atoms with van der Waals surface area (Å²) in [5.41, 5.74) is 4.03. The van der Waals surface area contributed by atoms with Crippen LogP contribution < -0.4 is 5.32 Å². The maximum absolute atomic E-state index is 4.06. The highest BCUT2D eigenvalue weighted by molar-refractivity contribution is 5.25. The Morgan fingerprint density at radius 2 is 1.71 bits per heavy atom. The predicted octanol–water partition coefficient (Wildman–Crippen LogP) is 3.04. The van der Waals surface area contributed by atoms with Crippen LogP contribution in [-0.4, -0.2) is 30.5 Å². The summed E-state index contributed by atoms with van der Waals surface area (Å²) in [4.78, 5) is 6.40.